The highest BCUT2D eigenvalue weighted by atomic mass is 15.2. The van der Waals surface area contributed by atoms with Gasteiger partial charge >= 0.3 is 0 Å². The first kappa shape index (κ1) is 19.2. The summed E-state index contributed by atoms with van der Waals surface area (Å²) in [4.78, 5) is 4.83. The van der Waals surface area contributed by atoms with Crippen molar-refractivity contribution >= 4 is 22.3 Å². The summed E-state index contributed by atoms with van der Waals surface area (Å²) in [7, 11) is 2.18. The number of hydrogen-bond acceptors (Lipinski definition) is 4. The number of likely N-dealkylation sites (N-methyl/N-ethyl adjacent to an activating group) is 1. The second-order valence-corrected chi connectivity index (χ2v) is 8.04. The highest BCUT2D eigenvalue weighted by molar-refractivity contribution is 5.88. The van der Waals surface area contributed by atoms with E-state index >= 15 is 0 Å². The van der Waals surface area contributed by atoms with Crippen LogP contribution in [0.4, 0.5) is 11.4 Å². The number of fused-ring (bicyclic) bond motifs is 1. The van der Waals surface area contributed by atoms with E-state index in [9.17, 15) is 0 Å². The zero-order valence-corrected chi connectivity index (χ0v) is 17.6. The van der Waals surface area contributed by atoms with Gasteiger partial charge in [-0.05, 0) is 72.6 Å². The predicted octanol–water partition coefficient (Wildman–Crippen LogP) is 3.96. The molecule has 0 saturated carbocycles. The number of aromatic amines is 1. The monoisotopic (exact) mass is 407 g/mol. The number of benzene rings is 3. The molecule has 0 radical (unpaired) electrons. The third-order valence-electron chi connectivity index (χ3n) is 5.87. The van der Waals surface area contributed by atoms with Gasteiger partial charge in [0.2, 0.25) is 0 Å². The van der Waals surface area contributed by atoms with Gasteiger partial charge in [0.15, 0.2) is 0 Å². The van der Waals surface area contributed by atoms with E-state index in [1.54, 1.807) is 0 Å². The molecule has 5 nitrogen and oxygen atoms in total. The first-order valence-corrected chi connectivity index (χ1v) is 10.6. The zero-order chi connectivity index (χ0) is 21.2. The van der Waals surface area contributed by atoms with Crippen LogP contribution in [0.3, 0.4) is 0 Å². The van der Waals surface area contributed by atoms with E-state index in [2.05, 4.69) is 75.3 Å². The molecule has 0 unspecified atom stereocenters. The summed E-state index contributed by atoms with van der Waals surface area (Å²) in [6.07, 6.45) is 0. The van der Waals surface area contributed by atoms with Gasteiger partial charge in [-0.15, -0.1) is 0 Å². The van der Waals surface area contributed by atoms with Crippen LogP contribution in [0.25, 0.3) is 22.0 Å². The van der Waals surface area contributed by atoms with Gasteiger partial charge in [-0.3, -0.25) is 5.10 Å². The quantitative estimate of drug-likeness (QED) is 0.390. The summed E-state index contributed by atoms with van der Waals surface area (Å²) in [6, 6.07) is 22.7. The van der Waals surface area contributed by atoms with Gasteiger partial charge in [0.05, 0.1) is 5.52 Å². The van der Waals surface area contributed by atoms with Crippen LogP contribution in [0.2, 0.25) is 0 Å². The molecule has 3 aromatic carbocycles. The summed E-state index contributed by atoms with van der Waals surface area (Å²) in [6.45, 7) is 4.37. The van der Waals surface area contributed by atoms with Crippen molar-refractivity contribution in [2.45, 2.75) is 0 Å². The summed E-state index contributed by atoms with van der Waals surface area (Å²) < 4.78 is 0. The largest absolute Gasteiger partial charge is 0.399 e. The average Bonchev–Trinajstić information content (AvgIpc) is 3.22. The van der Waals surface area contributed by atoms with E-state index < -0.39 is 0 Å². The molecule has 0 atom stereocenters. The molecule has 5 heteroatoms. The van der Waals surface area contributed by atoms with Crippen molar-refractivity contribution in [2.24, 2.45) is 0 Å². The first-order chi connectivity index (χ1) is 15.2. The maximum absolute atomic E-state index is 5.75. The van der Waals surface area contributed by atoms with E-state index in [4.69, 9.17) is 5.73 Å². The van der Waals surface area contributed by atoms with Crippen molar-refractivity contribution in [3.05, 3.63) is 78.0 Å². The van der Waals surface area contributed by atoms with Crippen LogP contribution in [0, 0.1) is 11.8 Å². The van der Waals surface area contributed by atoms with Gasteiger partial charge in [0, 0.05) is 48.5 Å². The van der Waals surface area contributed by atoms with Gasteiger partial charge in [0.25, 0.3) is 0 Å². The lowest BCUT2D eigenvalue weighted by Crippen LogP contribution is -2.44. The summed E-state index contributed by atoms with van der Waals surface area (Å²) >= 11 is 0. The van der Waals surface area contributed by atoms with Crippen LogP contribution in [0.1, 0.15) is 11.3 Å². The lowest BCUT2D eigenvalue weighted by molar-refractivity contribution is 0.313. The second-order valence-electron chi connectivity index (χ2n) is 8.04. The van der Waals surface area contributed by atoms with Crippen molar-refractivity contribution in [1.29, 1.82) is 0 Å². The fraction of sp³-hybridized carbons (Fsp3) is 0.192. The molecule has 1 fully saturated rings. The average molecular weight is 408 g/mol. The fourth-order valence-electron chi connectivity index (χ4n) is 3.92. The van der Waals surface area contributed by atoms with Crippen molar-refractivity contribution < 1.29 is 0 Å². The SMILES string of the molecule is CN1CCN(c2ccc(-c3ccc4n[nH]c(C#Cc5ccc(N)cc5)c4c3)cc2)CC1. The lowest BCUT2D eigenvalue weighted by atomic mass is 10.0. The minimum Gasteiger partial charge on any atom is -0.399 e. The van der Waals surface area contributed by atoms with Crippen LogP contribution >= 0.6 is 0 Å². The van der Waals surface area contributed by atoms with Crippen molar-refractivity contribution in [3.63, 3.8) is 0 Å². The highest BCUT2D eigenvalue weighted by Crippen LogP contribution is 2.27. The Labute approximate surface area is 182 Å². The van der Waals surface area contributed by atoms with Crippen LogP contribution in [0.15, 0.2) is 66.7 Å². The molecule has 0 amide bonds. The molecule has 1 aliphatic rings. The van der Waals surface area contributed by atoms with Crippen LogP contribution in [-0.2, 0) is 0 Å². The third kappa shape index (κ3) is 4.11. The number of nitrogens with two attached hydrogens (primary N) is 1. The molecular weight excluding hydrogens is 382 g/mol. The molecule has 1 aliphatic heterocycles. The molecule has 5 rings (SSSR count). The summed E-state index contributed by atoms with van der Waals surface area (Å²) in [5, 5.41) is 8.50. The number of nitrogens with one attached hydrogen (secondary N) is 1. The molecule has 31 heavy (non-hydrogen) atoms. The van der Waals surface area contributed by atoms with Gasteiger partial charge in [0.1, 0.15) is 5.69 Å². The smallest absolute Gasteiger partial charge is 0.116 e. The minimum atomic E-state index is 0.737. The maximum Gasteiger partial charge on any atom is 0.116 e. The van der Waals surface area contributed by atoms with Gasteiger partial charge in [-0.2, -0.15) is 5.10 Å². The Bertz CT molecular complexity index is 1250. The maximum atomic E-state index is 5.75. The Morgan fingerprint density at radius 1 is 0.839 bits per heavy atom. The van der Waals surface area contributed by atoms with E-state index in [0.29, 0.717) is 0 Å². The number of piperazine rings is 1. The topological polar surface area (TPSA) is 61.2 Å². The number of nitrogen functional groups attached to an aromatic ring is 1. The van der Waals surface area contributed by atoms with Crippen LogP contribution < -0.4 is 10.6 Å². The molecule has 0 spiro atoms. The van der Waals surface area contributed by atoms with E-state index in [0.717, 1.165) is 59.6 Å². The van der Waals surface area contributed by atoms with Gasteiger partial charge in [-0.25, -0.2) is 0 Å². The summed E-state index contributed by atoms with van der Waals surface area (Å²) in [5.74, 6) is 6.41. The minimum absolute atomic E-state index is 0.737. The van der Waals surface area contributed by atoms with E-state index in [1.165, 1.54) is 11.3 Å². The Balaban J connectivity index is 1.41. The Kier molecular flexibility index (Phi) is 5.07. The first-order valence-electron chi connectivity index (χ1n) is 10.6. The number of hydrogen-bond donors (Lipinski definition) is 2. The molecule has 4 aromatic rings. The number of rotatable bonds is 2. The Morgan fingerprint density at radius 3 is 2.29 bits per heavy atom. The van der Waals surface area contributed by atoms with Crippen molar-refractivity contribution in [3.8, 4) is 23.0 Å². The van der Waals surface area contributed by atoms with Crippen LogP contribution in [-0.4, -0.2) is 48.3 Å². The number of aromatic nitrogens is 2. The summed E-state index contributed by atoms with van der Waals surface area (Å²) in [5.41, 5.74) is 12.8. The van der Waals surface area contributed by atoms with Gasteiger partial charge < -0.3 is 15.5 Å². The van der Waals surface area contributed by atoms with Gasteiger partial charge in [-0.1, -0.05) is 24.1 Å². The zero-order valence-electron chi connectivity index (χ0n) is 17.6. The molecule has 1 aromatic heterocycles. The molecule has 154 valence electrons. The third-order valence-corrected chi connectivity index (χ3v) is 5.87. The highest BCUT2D eigenvalue weighted by Gasteiger charge is 2.14. The Morgan fingerprint density at radius 2 is 1.55 bits per heavy atom. The van der Waals surface area contributed by atoms with E-state index in [-0.39, 0.29) is 0 Å². The second kappa shape index (κ2) is 8.17. The Hall–Kier alpha value is -3.75. The number of anilines is 2. The standard InChI is InChI=1S/C26H25N5/c1-30-14-16-31(17-15-30)23-10-5-20(6-11-23)21-7-13-26-24(18-21)25(28-29-26)12-4-19-2-8-22(27)9-3-19/h2-3,5-11,13,18H,14-17,27H2,1H3,(H,28,29). The van der Waals surface area contributed by atoms with Crippen LogP contribution in [0.5, 0.6) is 0 Å². The molecule has 1 saturated heterocycles. The van der Waals surface area contributed by atoms with Crippen molar-refractivity contribution in [1.82, 2.24) is 15.1 Å². The number of H-pyrrole nitrogens is 1. The molecule has 0 bridgehead atoms. The van der Waals surface area contributed by atoms with Crippen molar-refractivity contribution in [2.75, 3.05) is 43.9 Å². The molecule has 0 aliphatic carbocycles. The normalized spacial score (nSPS) is 14.4. The molecule has 2 heterocycles. The fourth-order valence-corrected chi connectivity index (χ4v) is 3.92. The predicted molar refractivity (Wildman–Crippen MR) is 128 cm³/mol. The lowest BCUT2D eigenvalue weighted by Gasteiger charge is -2.34. The molecule has 3 N–H and O–H groups in total. The molecular formula is C26H25N5. The van der Waals surface area contributed by atoms with E-state index in [1.807, 2.05) is 30.3 Å². The number of nitrogens with zero attached hydrogens (tertiary/aromatic N) is 3.